The molecule has 1 aromatic carbocycles. The van der Waals surface area contributed by atoms with Crippen LogP contribution in [-0.2, 0) is 24.2 Å². The molecule has 1 amide bonds. The molecule has 1 heterocycles. The molecule has 0 saturated heterocycles. The van der Waals surface area contributed by atoms with Gasteiger partial charge in [0, 0.05) is 30.0 Å². The first-order valence-electron chi connectivity index (χ1n) is 10.9. The number of carbonyl (C=O) groups excluding carboxylic acids is 1. The second-order valence-electron chi connectivity index (χ2n) is 7.66. The SMILES string of the molecule is CCN(CC)CCn1c2c(c(SCC(=O)Nc3ccccc3C)nc1=O)CCCC2. The highest BCUT2D eigenvalue weighted by Crippen LogP contribution is 2.28. The largest absolute Gasteiger partial charge is 0.348 e. The van der Waals surface area contributed by atoms with E-state index in [2.05, 4.69) is 29.0 Å². The van der Waals surface area contributed by atoms with E-state index >= 15 is 0 Å². The zero-order chi connectivity index (χ0) is 21.5. The number of hydrogen-bond donors (Lipinski definition) is 1. The molecule has 0 spiro atoms. The molecule has 1 aliphatic rings. The third kappa shape index (κ3) is 5.52. The van der Waals surface area contributed by atoms with Crippen molar-refractivity contribution in [2.75, 3.05) is 30.7 Å². The van der Waals surface area contributed by atoms with Gasteiger partial charge >= 0.3 is 5.69 Å². The summed E-state index contributed by atoms with van der Waals surface area (Å²) in [5, 5.41) is 3.69. The van der Waals surface area contributed by atoms with E-state index in [1.165, 1.54) is 11.8 Å². The maximum Gasteiger partial charge on any atom is 0.348 e. The van der Waals surface area contributed by atoms with Gasteiger partial charge in [-0.25, -0.2) is 4.79 Å². The van der Waals surface area contributed by atoms with Crippen molar-refractivity contribution in [2.24, 2.45) is 0 Å². The van der Waals surface area contributed by atoms with E-state index in [0.717, 1.165) is 72.9 Å². The summed E-state index contributed by atoms with van der Waals surface area (Å²) >= 11 is 1.38. The minimum Gasteiger partial charge on any atom is -0.325 e. The molecular formula is C23H32N4O2S. The van der Waals surface area contributed by atoms with Crippen LogP contribution in [0.25, 0.3) is 0 Å². The van der Waals surface area contributed by atoms with Crippen LogP contribution < -0.4 is 11.0 Å². The smallest absolute Gasteiger partial charge is 0.325 e. The highest BCUT2D eigenvalue weighted by atomic mass is 32.2. The average molecular weight is 429 g/mol. The van der Waals surface area contributed by atoms with Crippen molar-refractivity contribution in [2.45, 2.75) is 58.0 Å². The molecule has 162 valence electrons. The Balaban J connectivity index is 1.74. The van der Waals surface area contributed by atoms with Crippen LogP contribution in [0.4, 0.5) is 5.69 Å². The van der Waals surface area contributed by atoms with Crippen molar-refractivity contribution >= 4 is 23.4 Å². The lowest BCUT2D eigenvalue weighted by Gasteiger charge is -2.24. The number of carbonyl (C=O) groups is 1. The molecule has 6 nitrogen and oxygen atoms in total. The second kappa shape index (κ2) is 10.8. The molecule has 0 bridgehead atoms. The lowest BCUT2D eigenvalue weighted by atomic mass is 9.97. The molecule has 3 rings (SSSR count). The van der Waals surface area contributed by atoms with Gasteiger partial charge in [0.2, 0.25) is 5.91 Å². The van der Waals surface area contributed by atoms with Gasteiger partial charge in [0.1, 0.15) is 5.03 Å². The molecular weight excluding hydrogens is 396 g/mol. The number of hydrogen-bond acceptors (Lipinski definition) is 5. The number of likely N-dealkylation sites (N-methyl/N-ethyl adjacent to an activating group) is 1. The summed E-state index contributed by atoms with van der Waals surface area (Å²) in [4.78, 5) is 32.0. The molecule has 30 heavy (non-hydrogen) atoms. The molecule has 1 aromatic heterocycles. The number of benzene rings is 1. The van der Waals surface area contributed by atoms with Gasteiger partial charge in [-0.15, -0.1) is 0 Å². The van der Waals surface area contributed by atoms with Crippen LogP contribution in [0.3, 0.4) is 0 Å². The van der Waals surface area contributed by atoms with E-state index in [9.17, 15) is 9.59 Å². The normalized spacial score (nSPS) is 13.3. The van der Waals surface area contributed by atoms with E-state index in [4.69, 9.17) is 0 Å². The highest BCUT2D eigenvalue weighted by Gasteiger charge is 2.21. The molecule has 0 atom stereocenters. The van der Waals surface area contributed by atoms with Crippen molar-refractivity contribution in [3.05, 3.63) is 51.6 Å². The zero-order valence-electron chi connectivity index (χ0n) is 18.2. The van der Waals surface area contributed by atoms with E-state index < -0.39 is 0 Å². The number of rotatable bonds is 9. The molecule has 0 aliphatic heterocycles. The predicted molar refractivity (Wildman–Crippen MR) is 123 cm³/mol. The van der Waals surface area contributed by atoms with Crippen molar-refractivity contribution in [3.63, 3.8) is 0 Å². The zero-order valence-corrected chi connectivity index (χ0v) is 19.1. The maximum atomic E-state index is 12.8. The summed E-state index contributed by atoms with van der Waals surface area (Å²) in [6, 6.07) is 7.73. The summed E-state index contributed by atoms with van der Waals surface area (Å²) in [6.07, 6.45) is 4.04. The number of anilines is 1. The number of fused-ring (bicyclic) bond motifs is 1. The molecule has 0 unspecified atom stereocenters. The Labute approximate surface area is 183 Å². The first kappa shape index (κ1) is 22.6. The Morgan fingerprint density at radius 2 is 1.93 bits per heavy atom. The third-order valence-electron chi connectivity index (χ3n) is 5.74. The van der Waals surface area contributed by atoms with Crippen molar-refractivity contribution in [1.82, 2.24) is 14.5 Å². The fraction of sp³-hybridized carbons (Fsp3) is 0.522. The van der Waals surface area contributed by atoms with Gasteiger partial charge in [-0.05, 0) is 57.3 Å². The van der Waals surface area contributed by atoms with E-state index in [0.29, 0.717) is 6.54 Å². The van der Waals surface area contributed by atoms with E-state index in [1.807, 2.05) is 35.8 Å². The summed E-state index contributed by atoms with van der Waals surface area (Å²) < 4.78 is 1.87. The van der Waals surface area contributed by atoms with Crippen LogP contribution in [0.1, 0.15) is 43.5 Å². The minimum atomic E-state index is -0.190. The molecule has 0 saturated carbocycles. The second-order valence-corrected chi connectivity index (χ2v) is 8.63. The first-order chi connectivity index (χ1) is 14.5. The van der Waals surface area contributed by atoms with Crippen LogP contribution in [0.2, 0.25) is 0 Å². The lowest BCUT2D eigenvalue weighted by molar-refractivity contribution is -0.113. The molecule has 0 radical (unpaired) electrons. The number of thioether (sulfide) groups is 1. The van der Waals surface area contributed by atoms with Crippen LogP contribution in [0, 0.1) is 6.92 Å². The van der Waals surface area contributed by atoms with Gasteiger partial charge in [-0.2, -0.15) is 4.98 Å². The molecule has 2 aromatic rings. The Morgan fingerprint density at radius 3 is 2.67 bits per heavy atom. The predicted octanol–water partition coefficient (Wildman–Crippen LogP) is 3.50. The molecule has 1 N–H and O–H groups in total. The van der Waals surface area contributed by atoms with Gasteiger partial charge in [0.05, 0.1) is 5.75 Å². The van der Waals surface area contributed by atoms with Crippen molar-refractivity contribution in [3.8, 4) is 0 Å². The molecule has 1 aliphatic carbocycles. The molecule has 0 fully saturated rings. The number of aromatic nitrogens is 2. The van der Waals surface area contributed by atoms with Crippen LogP contribution in [0.15, 0.2) is 34.1 Å². The van der Waals surface area contributed by atoms with Crippen LogP contribution in [-0.4, -0.2) is 45.7 Å². The van der Waals surface area contributed by atoms with Gasteiger partial charge in [-0.1, -0.05) is 43.8 Å². The summed E-state index contributed by atoms with van der Waals surface area (Å²) in [5.41, 5.74) is 3.95. The van der Waals surface area contributed by atoms with Gasteiger partial charge in [-0.3, -0.25) is 9.36 Å². The summed E-state index contributed by atoms with van der Waals surface area (Å²) in [6.45, 7) is 9.73. The van der Waals surface area contributed by atoms with E-state index in [1.54, 1.807) is 0 Å². The quantitative estimate of drug-likeness (QED) is 0.489. The Bertz CT molecular complexity index is 937. The highest BCUT2D eigenvalue weighted by molar-refractivity contribution is 8.00. The fourth-order valence-corrected chi connectivity index (χ4v) is 4.79. The Hall–Kier alpha value is -2.12. The van der Waals surface area contributed by atoms with Crippen molar-refractivity contribution < 1.29 is 4.79 Å². The topological polar surface area (TPSA) is 67.2 Å². The first-order valence-corrected chi connectivity index (χ1v) is 11.8. The number of aryl methyl sites for hydroxylation is 1. The maximum absolute atomic E-state index is 12.8. The lowest BCUT2D eigenvalue weighted by Crippen LogP contribution is -2.35. The number of amides is 1. The minimum absolute atomic E-state index is 0.0774. The summed E-state index contributed by atoms with van der Waals surface area (Å²) in [7, 11) is 0. The number of nitrogens with one attached hydrogen (secondary N) is 1. The van der Waals surface area contributed by atoms with Crippen LogP contribution in [0.5, 0.6) is 0 Å². The monoisotopic (exact) mass is 428 g/mol. The number of nitrogens with zero attached hydrogens (tertiary/aromatic N) is 3. The average Bonchev–Trinajstić information content (AvgIpc) is 2.76. The van der Waals surface area contributed by atoms with Gasteiger partial charge in [0.15, 0.2) is 0 Å². The van der Waals surface area contributed by atoms with Gasteiger partial charge in [0.25, 0.3) is 0 Å². The third-order valence-corrected chi connectivity index (χ3v) is 6.76. The van der Waals surface area contributed by atoms with Gasteiger partial charge < -0.3 is 10.2 Å². The van der Waals surface area contributed by atoms with Crippen molar-refractivity contribution in [1.29, 1.82) is 0 Å². The standard InChI is InChI=1S/C23H32N4O2S/c1-4-26(5-2)14-15-27-20-13-9-7-11-18(20)22(25-23(27)29)30-16-21(28)24-19-12-8-6-10-17(19)3/h6,8,10,12H,4-5,7,9,11,13-16H2,1-3H3,(H,24,28). The summed E-state index contributed by atoms with van der Waals surface area (Å²) in [5.74, 6) is 0.169. The number of para-hydroxylation sites is 1. The fourth-order valence-electron chi connectivity index (χ4n) is 3.91. The Kier molecular flexibility index (Phi) is 8.10. The molecule has 7 heteroatoms. The van der Waals surface area contributed by atoms with E-state index in [-0.39, 0.29) is 17.3 Å². The van der Waals surface area contributed by atoms with Crippen LogP contribution >= 0.6 is 11.8 Å². The Morgan fingerprint density at radius 1 is 1.20 bits per heavy atom.